The minimum atomic E-state index is -0.739. The number of halogens is 1. The number of carbonyl (C=O) groups excluding carboxylic acids is 1. The van der Waals surface area contributed by atoms with E-state index < -0.39 is 18.7 Å². The van der Waals surface area contributed by atoms with E-state index in [0.717, 1.165) is 17.7 Å². The maximum Gasteiger partial charge on any atom is 0.407 e. The Kier molecular flexibility index (Phi) is 8.19. The van der Waals surface area contributed by atoms with E-state index >= 15 is 0 Å². The number of carboxylic acids is 1. The maximum absolute atomic E-state index is 12.9. The molecule has 35 heavy (non-hydrogen) atoms. The van der Waals surface area contributed by atoms with Crippen molar-refractivity contribution in [1.82, 2.24) is 20.3 Å². The average Bonchev–Trinajstić information content (AvgIpc) is 3.36. The number of alkyl carbamates (subject to hydrolysis) is 1. The van der Waals surface area contributed by atoms with E-state index in [-0.39, 0.29) is 18.4 Å². The van der Waals surface area contributed by atoms with Gasteiger partial charge in [-0.15, -0.1) is 11.3 Å². The molecule has 1 aliphatic carbocycles. The zero-order chi connectivity index (χ0) is 24.6. The Morgan fingerprint density at radius 1 is 1.14 bits per heavy atom. The fourth-order valence-corrected chi connectivity index (χ4v) is 4.71. The standard InChI is InChI=1S/C24H26FN5O4S/c25-11-16-8-9-26-21(10-16)30-20-3-1-2-18(29-20)19-13-27-22(35-19)14-34-24(33)28-12-15-4-6-17(7-5-15)23(31)32/h1-3,8-10,13,15,17H,4-7,11-12,14H2,(H,28,33)(H,31,32)(H,26,29,30). The molecule has 3 aromatic heterocycles. The van der Waals surface area contributed by atoms with Crippen LogP contribution in [-0.4, -0.2) is 38.7 Å². The Morgan fingerprint density at radius 3 is 2.74 bits per heavy atom. The first-order valence-corrected chi connectivity index (χ1v) is 12.2. The van der Waals surface area contributed by atoms with Gasteiger partial charge in [0.05, 0.1) is 16.5 Å². The largest absolute Gasteiger partial charge is 0.481 e. The molecule has 1 saturated carbocycles. The normalized spacial score (nSPS) is 17.5. The highest BCUT2D eigenvalue weighted by molar-refractivity contribution is 7.15. The smallest absolute Gasteiger partial charge is 0.407 e. The predicted molar refractivity (Wildman–Crippen MR) is 129 cm³/mol. The van der Waals surface area contributed by atoms with Crippen LogP contribution in [-0.2, 0) is 22.8 Å². The van der Waals surface area contributed by atoms with Crippen molar-refractivity contribution in [2.45, 2.75) is 39.0 Å². The van der Waals surface area contributed by atoms with Crippen molar-refractivity contribution in [1.29, 1.82) is 0 Å². The molecule has 0 saturated heterocycles. The summed E-state index contributed by atoms with van der Waals surface area (Å²) < 4.78 is 18.2. The molecule has 3 N–H and O–H groups in total. The highest BCUT2D eigenvalue weighted by Gasteiger charge is 2.26. The number of carbonyl (C=O) groups is 2. The molecule has 1 aliphatic rings. The van der Waals surface area contributed by atoms with E-state index in [1.54, 1.807) is 24.4 Å². The Morgan fingerprint density at radius 2 is 1.97 bits per heavy atom. The third-order valence-corrected chi connectivity index (χ3v) is 6.84. The van der Waals surface area contributed by atoms with Crippen LogP contribution in [0.1, 0.15) is 36.3 Å². The van der Waals surface area contributed by atoms with Gasteiger partial charge in [-0.2, -0.15) is 0 Å². The summed E-state index contributed by atoms with van der Waals surface area (Å²) in [4.78, 5) is 37.0. The average molecular weight is 500 g/mol. The molecule has 9 nitrogen and oxygen atoms in total. The molecule has 1 amide bonds. The van der Waals surface area contributed by atoms with E-state index in [1.807, 2.05) is 12.1 Å². The SMILES string of the molecule is O=C(NCC1CCC(C(=O)O)CC1)OCc1ncc(-c2cccc(Nc3cc(CF)ccn3)n2)s1. The second kappa shape index (κ2) is 11.7. The van der Waals surface area contributed by atoms with Gasteiger partial charge in [0.2, 0.25) is 0 Å². The third-order valence-electron chi connectivity index (χ3n) is 5.85. The first kappa shape index (κ1) is 24.5. The number of rotatable bonds is 9. The quantitative estimate of drug-likeness (QED) is 0.378. The topological polar surface area (TPSA) is 126 Å². The summed E-state index contributed by atoms with van der Waals surface area (Å²) in [5.74, 6) is 0.328. The summed E-state index contributed by atoms with van der Waals surface area (Å²) in [7, 11) is 0. The molecule has 3 heterocycles. The van der Waals surface area contributed by atoms with Crippen molar-refractivity contribution in [2.75, 3.05) is 11.9 Å². The van der Waals surface area contributed by atoms with Crippen molar-refractivity contribution < 1.29 is 23.8 Å². The minimum Gasteiger partial charge on any atom is -0.481 e. The fraction of sp³-hybridized carbons (Fsp3) is 0.375. The molecule has 0 spiro atoms. The maximum atomic E-state index is 12.9. The van der Waals surface area contributed by atoms with Crippen LogP contribution in [0.3, 0.4) is 0 Å². The van der Waals surface area contributed by atoms with Gasteiger partial charge < -0.3 is 20.5 Å². The lowest BCUT2D eigenvalue weighted by atomic mass is 9.82. The molecule has 0 unspecified atom stereocenters. The third kappa shape index (κ3) is 6.95. The molecule has 0 atom stereocenters. The van der Waals surface area contributed by atoms with E-state index in [0.29, 0.717) is 47.3 Å². The molecule has 11 heteroatoms. The monoisotopic (exact) mass is 499 g/mol. The highest BCUT2D eigenvalue weighted by Crippen LogP contribution is 2.29. The molecule has 1 fully saturated rings. The van der Waals surface area contributed by atoms with E-state index in [9.17, 15) is 14.0 Å². The molecular weight excluding hydrogens is 473 g/mol. The number of anilines is 2. The first-order chi connectivity index (χ1) is 17.0. The van der Waals surface area contributed by atoms with Gasteiger partial charge in [-0.25, -0.2) is 24.1 Å². The molecular formula is C24H26FN5O4S. The van der Waals surface area contributed by atoms with E-state index in [2.05, 4.69) is 25.6 Å². The Balaban J connectivity index is 1.26. The van der Waals surface area contributed by atoms with E-state index in [4.69, 9.17) is 9.84 Å². The lowest BCUT2D eigenvalue weighted by molar-refractivity contribution is -0.143. The zero-order valence-electron chi connectivity index (χ0n) is 18.9. The van der Waals surface area contributed by atoms with Gasteiger partial charge in [-0.05, 0) is 61.4 Å². The van der Waals surface area contributed by atoms with E-state index in [1.165, 1.54) is 17.5 Å². The molecule has 0 bridgehead atoms. The number of amides is 1. The Hall–Kier alpha value is -3.60. The first-order valence-electron chi connectivity index (χ1n) is 11.3. The second-order valence-electron chi connectivity index (χ2n) is 8.35. The number of nitrogens with one attached hydrogen (secondary N) is 2. The number of aliphatic carboxylic acids is 1. The van der Waals surface area contributed by atoms with Crippen LogP contribution < -0.4 is 10.6 Å². The van der Waals surface area contributed by atoms with Crippen molar-refractivity contribution in [3.8, 4) is 10.6 Å². The van der Waals surface area contributed by atoms with Gasteiger partial charge in [0.25, 0.3) is 0 Å². The molecule has 0 aliphatic heterocycles. The number of carboxylic acid groups (broad SMARTS) is 1. The van der Waals surface area contributed by atoms with Crippen LogP contribution >= 0.6 is 11.3 Å². The van der Waals surface area contributed by atoms with Crippen LogP contribution in [0, 0.1) is 11.8 Å². The van der Waals surface area contributed by atoms with Crippen molar-refractivity contribution in [3.05, 3.63) is 53.3 Å². The lowest BCUT2D eigenvalue weighted by Gasteiger charge is -2.25. The summed E-state index contributed by atoms with van der Waals surface area (Å²) in [6, 6.07) is 8.72. The number of ether oxygens (including phenoxy) is 1. The van der Waals surface area contributed by atoms with Gasteiger partial charge in [-0.1, -0.05) is 6.07 Å². The molecule has 0 aromatic carbocycles. The predicted octanol–water partition coefficient (Wildman–Crippen LogP) is 4.93. The van der Waals surface area contributed by atoms with Crippen LogP contribution in [0.2, 0.25) is 0 Å². The summed E-state index contributed by atoms with van der Waals surface area (Å²) in [6.07, 6.45) is 5.55. The van der Waals surface area contributed by atoms with Crippen LogP contribution in [0.5, 0.6) is 0 Å². The minimum absolute atomic E-state index is 0.0418. The second-order valence-corrected chi connectivity index (χ2v) is 9.46. The van der Waals surface area contributed by atoms with Gasteiger partial charge in [0.1, 0.15) is 29.9 Å². The summed E-state index contributed by atoms with van der Waals surface area (Å²) in [6.45, 7) is -0.0521. The van der Waals surface area contributed by atoms with Crippen molar-refractivity contribution >= 4 is 35.0 Å². The number of nitrogens with zero attached hydrogens (tertiary/aromatic N) is 3. The zero-order valence-corrected chi connectivity index (χ0v) is 19.8. The number of hydrogen-bond acceptors (Lipinski definition) is 8. The molecule has 184 valence electrons. The van der Waals surface area contributed by atoms with Crippen molar-refractivity contribution in [3.63, 3.8) is 0 Å². The number of thiazole rings is 1. The number of hydrogen-bond donors (Lipinski definition) is 3. The fourth-order valence-electron chi connectivity index (χ4n) is 3.91. The van der Waals surface area contributed by atoms with Gasteiger partial charge in [-0.3, -0.25) is 4.79 Å². The van der Waals surface area contributed by atoms with Gasteiger partial charge in [0.15, 0.2) is 0 Å². The van der Waals surface area contributed by atoms with Gasteiger partial charge >= 0.3 is 12.1 Å². The molecule has 4 rings (SSSR count). The molecule has 0 radical (unpaired) electrons. The number of aromatic nitrogens is 3. The summed E-state index contributed by atoms with van der Waals surface area (Å²) in [5.41, 5.74) is 1.22. The Labute approximate surface area is 205 Å². The van der Waals surface area contributed by atoms with Crippen LogP contribution in [0.15, 0.2) is 42.7 Å². The van der Waals surface area contributed by atoms with Gasteiger partial charge in [0, 0.05) is 18.9 Å². The lowest BCUT2D eigenvalue weighted by Crippen LogP contribution is -2.32. The number of pyridine rings is 2. The van der Waals surface area contributed by atoms with Crippen molar-refractivity contribution in [2.24, 2.45) is 11.8 Å². The Bertz CT molecular complexity index is 1170. The highest BCUT2D eigenvalue weighted by atomic mass is 32.1. The summed E-state index contributed by atoms with van der Waals surface area (Å²) in [5, 5.41) is 15.5. The summed E-state index contributed by atoms with van der Waals surface area (Å²) >= 11 is 1.37. The van der Waals surface area contributed by atoms with Crippen LogP contribution in [0.4, 0.5) is 20.8 Å². The molecule has 3 aromatic rings. The van der Waals surface area contributed by atoms with Crippen LogP contribution in [0.25, 0.3) is 10.6 Å². The number of alkyl halides is 1.